The van der Waals surface area contributed by atoms with Crippen molar-refractivity contribution in [2.75, 3.05) is 11.9 Å². The molecule has 1 saturated heterocycles. The maximum atomic E-state index is 12.4. The summed E-state index contributed by atoms with van der Waals surface area (Å²) in [5, 5.41) is 6.77. The van der Waals surface area contributed by atoms with Crippen LogP contribution in [0.25, 0.3) is 10.2 Å². The second-order valence-corrected chi connectivity index (χ2v) is 6.26. The Morgan fingerprint density at radius 1 is 1.40 bits per heavy atom. The van der Waals surface area contributed by atoms with Crippen molar-refractivity contribution in [3.63, 3.8) is 0 Å². The molecule has 20 heavy (non-hydrogen) atoms. The number of amides is 1. The molecular weight excluding hydrogens is 294 g/mol. The van der Waals surface area contributed by atoms with Crippen molar-refractivity contribution in [1.29, 1.82) is 0 Å². The summed E-state index contributed by atoms with van der Waals surface area (Å²) in [6.45, 7) is 0.896. The Hall–Kier alpha value is -1.17. The number of hydrogen-bond acceptors (Lipinski definition) is 4. The summed E-state index contributed by atoms with van der Waals surface area (Å²) < 4.78 is 1.03. The van der Waals surface area contributed by atoms with E-state index in [-0.39, 0.29) is 11.9 Å². The van der Waals surface area contributed by atoms with Crippen LogP contribution in [0.4, 0.5) is 5.69 Å². The molecule has 1 atom stereocenters. The minimum Gasteiger partial charge on any atom is -0.322 e. The van der Waals surface area contributed by atoms with Gasteiger partial charge >= 0.3 is 0 Å². The van der Waals surface area contributed by atoms with Crippen LogP contribution in [0.2, 0.25) is 5.02 Å². The van der Waals surface area contributed by atoms with Crippen LogP contribution in [0, 0.1) is 0 Å². The van der Waals surface area contributed by atoms with Crippen molar-refractivity contribution in [3.05, 3.63) is 22.7 Å². The summed E-state index contributed by atoms with van der Waals surface area (Å²) in [5.74, 6) is -0.0192. The second kappa shape index (κ2) is 6.08. The SMILES string of the molecule is O=C(Nc1c(Cl)ccc2scnc12)C1CCCCCN1. The van der Waals surface area contributed by atoms with E-state index in [0.29, 0.717) is 10.7 Å². The van der Waals surface area contributed by atoms with Gasteiger partial charge in [0.25, 0.3) is 0 Å². The van der Waals surface area contributed by atoms with Gasteiger partial charge in [0.05, 0.1) is 27.0 Å². The van der Waals surface area contributed by atoms with Gasteiger partial charge in [-0.15, -0.1) is 11.3 Å². The lowest BCUT2D eigenvalue weighted by Crippen LogP contribution is -2.39. The molecule has 1 aromatic carbocycles. The molecule has 6 heteroatoms. The van der Waals surface area contributed by atoms with E-state index in [1.165, 1.54) is 17.8 Å². The Labute approximate surface area is 126 Å². The maximum Gasteiger partial charge on any atom is 0.241 e. The minimum absolute atomic E-state index is 0.0192. The number of rotatable bonds is 2. The molecule has 1 aromatic heterocycles. The third kappa shape index (κ3) is 2.80. The Morgan fingerprint density at radius 3 is 3.20 bits per heavy atom. The van der Waals surface area contributed by atoms with E-state index in [9.17, 15) is 4.79 Å². The minimum atomic E-state index is -0.137. The molecule has 1 aliphatic heterocycles. The van der Waals surface area contributed by atoms with E-state index in [1.54, 1.807) is 11.6 Å². The van der Waals surface area contributed by atoms with Crippen molar-refractivity contribution in [1.82, 2.24) is 10.3 Å². The van der Waals surface area contributed by atoms with Gasteiger partial charge in [-0.25, -0.2) is 4.98 Å². The van der Waals surface area contributed by atoms with Crippen molar-refractivity contribution in [3.8, 4) is 0 Å². The van der Waals surface area contributed by atoms with Gasteiger partial charge in [-0.1, -0.05) is 24.4 Å². The monoisotopic (exact) mass is 309 g/mol. The molecule has 0 saturated carbocycles. The van der Waals surface area contributed by atoms with Gasteiger partial charge in [0.2, 0.25) is 5.91 Å². The highest BCUT2D eigenvalue weighted by Gasteiger charge is 2.21. The number of carbonyl (C=O) groups excluding carboxylic acids is 1. The molecule has 0 aliphatic carbocycles. The predicted octanol–water partition coefficient (Wildman–Crippen LogP) is 3.42. The van der Waals surface area contributed by atoms with Crippen molar-refractivity contribution in [2.45, 2.75) is 31.7 Å². The molecule has 2 aromatic rings. The second-order valence-electron chi connectivity index (χ2n) is 4.97. The molecule has 1 aliphatic rings. The third-order valence-corrected chi connectivity index (χ3v) is 4.69. The zero-order valence-corrected chi connectivity index (χ0v) is 12.6. The van der Waals surface area contributed by atoms with Crippen molar-refractivity contribution < 1.29 is 4.79 Å². The molecule has 0 bridgehead atoms. The maximum absolute atomic E-state index is 12.4. The Balaban J connectivity index is 1.83. The molecule has 3 rings (SSSR count). The largest absolute Gasteiger partial charge is 0.322 e. The first-order chi connectivity index (χ1) is 9.75. The number of thiazole rings is 1. The number of carbonyl (C=O) groups is 1. The topological polar surface area (TPSA) is 54.0 Å². The fraction of sp³-hybridized carbons (Fsp3) is 0.429. The number of nitrogens with zero attached hydrogens (tertiary/aromatic N) is 1. The summed E-state index contributed by atoms with van der Waals surface area (Å²) in [6.07, 6.45) is 4.27. The van der Waals surface area contributed by atoms with Crippen molar-refractivity contribution in [2.24, 2.45) is 0 Å². The van der Waals surface area contributed by atoms with Gasteiger partial charge in [-0.3, -0.25) is 4.79 Å². The molecule has 2 heterocycles. The summed E-state index contributed by atoms with van der Waals surface area (Å²) >= 11 is 7.74. The van der Waals surface area contributed by atoms with Gasteiger partial charge in [-0.05, 0) is 31.5 Å². The van der Waals surface area contributed by atoms with Crippen molar-refractivity contribution >= 4 is 44.7 Å². The van der Waals surface area contributed by atoms with Crippen LogP contribution < -0.4 is 10.6 Å². The smallest absolute Gasteiger partial charge is 0.241 e. The average Bonchev–Trinajstić information content (AvgIpc) is 2.75. The number of anilines is 1. The fourth-order valence-corrected chi connectivity index (χ4v) is 3.37. The number of hydrogen-bond donors (Lipinski definition) is 2. The average molecular weight is 310 g/mol. The van der Waals surface area contributed by atoms with Gasteiger partial charge in [-0.2, -0.15) is 0 Å². The summed E-state index contributed by atoms with van der Waals surface area (Å²) in [5.41, 5.74) is 3.16. The molecule has 0 spiro atoms. The highest BCUT2D eigenvalue weighted by Crippen LogP contribution is 2.32. The molecule has 1 fully saturated rings. The summed E-state index contributed by atoms with van der Waals surface area (Å²) in [6, 6.07) is 3.59. The third-order valence-electron chi connectivity index (χ3n) is 3.58. The van der Waals surface area contributed by atoms with Gasteiger partial charge in [0.1, 0.15) is 5.52 Å². The zero-order valence-electron chi connectivity index (χ0n) is 11.0. The number of fused-ring (bicyclic) bond motifs is 1. The lowest BCUT2D eigenvalue weighted by Gasteiger charge is -2.16. The number of nitrogens with one attached hydrogen (secondary N) is 2. The number of aromatic nitrogens is 1. The summed E-state index contributed by atoms with van der Waals surface area (Å²) in [7, 11) is 0. The van der Waals surface area contributed by atoms with Crippen LogP contribution >= 0.6 is 22.9 Å². The lowest BCUT2D eigenvalue weighted by atomic mass is 10.1. The van der Waals surface area contributed by atoms with Crippen LogP contribution in [0.1, 0.15) is 25.7 Å². The highest BCUT2D eigenvalue weighted by atomic mass is 35.5. The fourth-order valence-electron chi connectivity index (χ4n) is 2.49. The van der Waals surface area contributed by atoms with E-state index in [1.807, 2.05) is 6.07 Å². The van der Waals surface area contributed by atoms with Gasteiger partial charge in [0, 0.05) is 0 Å². The zero-order chi connectivity index (χ0) is 13.9. The van der Waals surface area contributed by atoms with E-state index in [4.69, 9.17) is 11.6 Å². The van der Waals surface area contributed by atoms with Crippen LogP contribution in [-0.2, 0) is 4.79 Å². The molecule has 1 unspecified atom stereocenters. The lowest BCUT2D eigenvalue weighted by molar-refractivity contribution is -0.118. The van der Waals surface area contributed by atoms with Crippen LogP contribution in [0.5, 0.6) is 0 Å². The number of benzene rings is 1. The van der Waals surface area contributed by atoms with E-state index < -0.39 is 0 Å². The van der Waals surface area contributed by atoms with E-state index >= 15 is 0 Å². The van der Waals surface area contributed by atoms with Crippen LogP contribution in [-0.4, -0.2) is 23.5 Å². The standard InChI is InChI=1S/C14H16ClN3OS/c15-9-5-6-11-13(17-8-20-11)12(9)18-14(19)10-4-2-1-3-7-16-10/h5-6,8,10,16H,1-4,7H2,(H,18,19). The van der Waals surface area contributed by atoms with E-state index in [0.717, 1.165) is 36.0 Å². The Kier molecular flexibility index (Phi) is 4.19. The van der Waals surface area contributed by atoms with Crippen LogP contribution in [0.3, 0.4) is 0 Å². The highest BCUT2D eigenvalue weighted by molar-refractivity contribution is 7.16. The summed E-state index contributed by atoms with van der Waals surface area (Å²) in [4.78, 5) is 16.7. The number of halogens is 1. The first-order valence-electron chi connectivity index (χ1n) is 6.81. The predicted molar refractivity (Wildman–Crippen MR) is 83.5 cm³/mol. The molecule has 2 N–H and O–H groups in total. The first-order valence-corrected chi connectivity index (χ1v) is 8.07. The Bertz CT molecular complexity index is 620. The molecule has 0 radical (unpaired) electrons. The van der Waals surface area contributed by atoms with Crippen LogP contribution in [0.15, 0.2) is 17.6 Å². The van der Waals surface area contributed by atoms with Gasteiger partial charge in [0.15, 0.2) is 0 Å². The normalized spacial score (nSPS) is 19.8. The quantitative estimate of drug-likeness (QED) is 0.893. The van der Waals surface area contributed by atoms with Gasteiger partial charge < -0.3 is 10.6 Å². The molecular formula is C14H16ClN3OS. The first kappa shape index (κ1) is 13.8. The molecule has 106 valence electrons. The molecule has 4 nitrogen and oxygen atoms in total. The van der Waals surface area contributed by atoms with E-state index in [2.05, 4.69) is 15.6 Å². The molecule has 1 amide bonds. The Morgan fingerprint density at radius 2 is 2.30 bits per heavy atom.